The molecule has 0 aliphatic rings. The van der Waals surface area contributed by atoms with Gasteiger partial charge in [0.25, 0.3) is 0 Å². The maximum absolute atomic E-state index is 11.6. The average Bonchev–Trinajstić information content (AvgIpc) is 2.51. The van der Waals surface area contributed by atoms with Crippen LogP contribution < -0.4 is 10.9 Å². The molecule has 0 spiro atoms. The second-order valence-electron chi connectivity index (χ2n) is 4.66. The lowest BCUT2D eigenvalue weighted by Gasteiger charge is -2.09. The Labute approximate surface area is 132 Å². The largest absolute Gasteiger partial charge is 0.461 e. The second kappa shape index (κ2) is 7.44. The molecule has 0 fully saturated rings. The highest BCUT2D eigenvalue weighted by molar-refractivity contribution is 5.90. The van der Waals surface area contributed by atoms with Gasteiger partial charge in [-0.1, -0.05) is 6.92 Å². The summed E-state index contributed by atoms with van der Waals surface area (Å²) in [7, 11) is 0. The van der Waals surface area contributed by atoms with Gasteiger partial charge in [-0.3, -0.25) is 10.1 Å². The molecule has 1 heterocycles. The zero-order valence-electron chi connectivity index (χ0n) is 12.9. The summed E-state index contributed by atoms with van der Waals surface area (Å²) < 4.78 is 15.0. The Kier molecular flexibility index (Phi) is 5.35. The van der Waals surface area contributed by atoms with Crippen LogP contribution in [0.5, 0.6) is 0 Å². The monoisotopic (exact) mass is 319 g/mol. The molecule has 1 aromatic carbocycles. The molecular weight excluding hydrogens is 302 g/mol. The van der Waals surface area contributed by atoms with Gasteiger partial charge in [-0.2, -0.15) is 0 Å². The Hall–Kier alpha value is -2.83. The highest BCUT2D eigenvalue weighted by atomic mass is 16.5. The first-order valence-corrected chi connectivity index (χ1v) is 7.19. The summed E-state index contributed by atoms with van der Waals surface area (Å²) in [5, 5.41) is 3.15. The van der Waals surface area contributed by atoms with Gasteiger partial charge in [-0.15, -0.1) is 0 Å². The number of nitrogens with one attached hydrogen (secondary N) is 1. The second-order valence-corrected chi connectivity index (χ2v) is 4.66. The SMILES string of the molecule is CCOC(=O)Nc1ccc2c(COC(=O)CC)cc(=O)oc2c1. The zero-order valence-corrected chi connectivity index (χ0v) is 12.9. The molecule has 0 aliphatic carbocycles. The summed E-state index contributed by atoms with van der Waals surface area (Å²) >= 11 is 0. The molecule has 0 radical (unpaired) electrons. The van der Waals surface area contributed by atoms with Crippen molar-refractivity contribution in [3.63, 3.8) is 0 Å². The molecule has 0 atom stereocenters. The summed E-state index contributed by atoms with van der Waals surface area (Å²) in [6.45, 7) is 3.62. The van der Waals surface area contributed by atoms with Crippen LogP contribution in [0, 0.1) is 0 Å². The quantitative estimate of drug-likeness (QED) is 0.672. The minimum Gasteiger partial charge on any atom is -0.461 e. The van der Waals surface area contributed by atoms with E-state index in [9.17, 15) is 14.4 Å². The number of ether oxygens (including phenoxy) is 2. The lowest BCUT2D eigenvalue weighted by Crippen LogP contribution is -2.13. The lowest BCUT2D eigenvalue weighted by atomic mass is 10.1. The predicted octanol–water partition coefficient (Wildman–Crippen LogP) is 2.81. The van der Waals surface area contributed by atoms with Crippen molar-refractivity contribution >= 4 is 28.7 Å². The molecule has 2 aromatic rings. The summed E-state index contributed by atoms with van der Waals surface area (Å²) in [6.07, 6.45) is -0.338. The minimum absolute atomic E-state index is 0.0145. The van der Waals surface area contributed by atoms with Gasteiger partial charge in [0.2, 0.25) is 0 Å². The van der Waals surface area contributed by atoms with Crippen molar-refractivity contribution in [1.82, 2.24) is 0 Å². The molecule has 2 rings (SSSR count). The van der Waals surface area contributed by atoms with E-state index in [4.69, 9.17) is 13.9 Å². The van der Waals surface area contributed by atoms with Crippen LogP contribution in [0.4, 0.5) is 10.5 Å². The Bertz CT molecular complexity index is 780. The molecule has 0 bridgehead atoms. The number of benzene rings is 1. The summed E-state index contributed by atoms with van der Waals surface area (Å²) in [6, 6.07) is 6.11. The first kappa shape index (κ1) is 16.5. The Morgan fingerprint density at radius 3 is 2.65 bits per heavy atom. The highest BCUT2D eigenvalue weighted by Crippen LogP contribution is 2.22. The molecule has 0 saturated heterocycles. The fraction of sp³-hybridized carbons (Fsp3) is 0.312. The van der Waals surface area contributed by atoms with E-state index in [2.05, 4.69) is 5.32 Å². The molecule has 7 nitrogen and oxygen atoms in total. The lowest BCUT2D eigenvalue weighted by molar-refractivity contribution is -0.144. The number of hydrogen-bond acceptors (Lipinski definition) is 6. The van der Waals surface area contributed by atoms with Crippen LogP contribution in [-0.2, 0) is 20.9 Å². The molecule has 0 unspecified atom stereocenters. The van der Waals surface area contributed by atoms with Crippen molar-refractivity contribution in [1.29, 1.82) is 0 Å². The van der Waals surface area contributed by atoms with E-state index in [0.717, 1.165) is 0 Å². The van der Waals surface area contributed by atoms with Crippen LogP contribution in [0.15, 0.2) is 33.5 Å². The standard InChI is InChI=1S/C16H17NO6/c1-3-14(18)22-9-10-7-15(19)23-13-8-11(5-6-12(10)13)17-16(20)21-4-2/h5-8H,3-4,9H2,1-2H3,(H,17,20). The summed E-state index contributed by atoms with van der Waals surface area (Å²) in [5.74, 6) is -0.355. The maximum Gasteiger partial charge on any atom is 0.411 e. The molecule has 122 valence electrons. The molecule has 1 N–H and O–H groups in total. The summed E-state index contributed by atoms with van der Waals surface area (Å²) in [5.41, 5.74) is 0.699. The third kappa shape index (κ3) is 4.32. The van der Waals surface area contributed by atoms with E-state index in [1.807, 2.05) is 0 Å². The van der Waals surface area contributed by atoms with Gasteiger partial charge in [0.1, 0.15) is 12.2 Å². The van der Waals surface area contributed by atoms with Crippen LogP contribution in [0.1, 0.15) is 25.8 Å². The first-order chi connectivity index (χ1) is 11.0. The van der Waals surface area contributed by atoms with E-state index < -0.39 is 11.7 Å². The van der Waals surface area contributed by atoms with Gasteiger partial charge in [0.15, 0.2) is 0 Å². The first-order valence-electron chi connectivity index (χ1n) is 7.19. The van der Waals surface area contributed by atoms with Crippen LogP contribution in [0.25, 0.3) is 11.0 Å². The molecule has 23 heavy (non-hydrogen) atoms. The maximum atomic E-state index is 11.6. The highest BCUT2D eigenvalue weighted by Gasteiger charge is 2.10. The number of anilines is 1. The number of carbonyl (C=O) groups is 2. The Balaban J connectivity index is 2.30. The van der Waals surface area contributed by atoms with Crippen molar-refractivity contribution in [3.05, 3.63) is 40.2 Å². The smallest absolute Gasteiger partial charge is 0.411 e. The van der Waals surface area contributed by atoms with Gasteiger partial charge < -0.3 is 13.9 Å². The molecule has 7 heteroatoms. The number of rotatable bonds is 5. The van der Waals surface area contributed by atoms with Crippen molar-refractivity contribution in [2.45, 2.75) is 26.9 Å². The van der Waals surface area contributed by atoms with Gasteiger partial charge in [-0.25, -0.2) is 9.59 Å². The fourth-order valence-electron chi connectivity index (χ4n) is 1.97. The van der Waals surface area contributed by atoms with Crippen LogP contribution in [0.3, 0.4) is 0 Å². The van der Waals surface area contributed by atoms with E-state index in [0.29, 0.717) is 16.6 Å². The Morgan fingerprint density at radius 1 is 1.17 bits per heavy atom. The zero-order chi connectivity index (χ0) is 16.8. The molecule has 0 saturated carbocycles. The minimum atomic E-state index is -0.595. The van der Waals surface area contributed by atoms with Crippen LogP contribution >= 0.6 is 0 Å². The van der Waals surface area contributed by atoms with Crippen molar-refractivity contribution in [3.8, 4) is 0 Å². The third-order valence-corrected chi connectivity index (χ3v) is 3.03. The van der Waals surface area contributed by atoms with Crippen molar-refractivity contribution in [2.24, 2.45) is 0 Å². The van der Waals surface area contributed by atoms with Gasteiger partial charge in [0, 0.05) is 35.2 Å². The predicted molar refractivity (Wildman–Crippen MR) is 83.2 cm³/mol. The number of esters is 1. The Morgan fingerprint density at radius 2 is 1.96 bits per heavy atom. The van der Waals surface area contributed by atoms with Gasteiger partial charge in [0.05, 0.1) is 6.61 Å². The number of hydrogen-bond donors (Lipinski definition) is 1. The third-order valence-electron chi connectivity index (χ3n) is 3.03. The molecular formula is C16H17NO6. The van der Waals surface area contributed by atoms with E-state index >= 15 is 0 Å². The molecule has 1 aromatic heterocycles. The van der Waals surface area contributed by atoms with Crippen molar-refractivity contribution < 1.29 is 23.5 Å². The summed E-state index contributed by atoms with van der Waals surface area (Å²) in [4.78, 5) is 34.3. The number of amides is 1. The number of fused-ring (bicyclic) bond motifs is 1. The van der Waals surface area contributed by atoms with E-state index in [1.165, 1.54) is 12.1 Å². The van der Waals surface area contributed by atoms with Crippen LogP contribution in [0.2, 0.25) is 0 Å². The van der Waals surface area contributed by atoms with Crippen molar-refractivity contribution in [2.75, 3.05) is 11.9 Å². The normalized spacial score (nSPS) is 10.3. The molecule has 0 aliphatic heterocycles. The van der Waals surface area contributed by atoms with Gasteiger partial charge >= 0.3 is 17.7 Å². The fourth-order valence-corrected chi connectivity index (χ4v) is 1.97. The van der Waals surface area contributed by atoms with Gasteiger partial charge in [-0.05, 0) is 19.1 Å². The van der Waals surface area contributed by atoms with E-state index in [-0.39, 0.29) is 31.2 Å². The topological polar surface area (TPSA) is 94.8 Å². The average molecular weight is 319 g/mol. The molecule has 1 amide bonds. The number of carbonyl (C=O) groups excluding carboxylic acids is 2. The van der Waals surface area contributed by atoms with E-state index in [1.54, 1.807) is 26.0 Å². The van der Waals surface area contributed by atoms with Crippen LogP contribution in [-0.4, -0.2) is 18.7 Å².